The highest BCUT2D eigenvalue weighted by Crippen LogP contribution is 2.20. The number of halogens is 1. The fourth-order valence-electron chi connectivity index (χ4n) is 2.08. The van der Waals surface area contributed by atoms with Crippen LogP contribution in [0, 0.1) is 5.92 Å². The van der Waals surface area contributed by atoms with E-state index in [9.17, 15) is 4.79 Å². The minimum absolute atomic E-state index is 0.398. The van der Waals surface area contributed by atoms with Crippen LogP contribution in [-0.4, -0.2) is 39.4 Å². The van der Waals surface area contributed by atoms with Crippen LogP contribution in [0.2, 0.25) is 5.15 Å². The Kier molecular flexibility index (Phi) is 3.78. The molecular formula is C11H14ClN3O2. The SMILES string of the molecule is O=C(O)N1CCC(Cc2ccc(Cl)nn2)CC1. The standard InChI is InChI=1S/C11H14ClN3O2/c12-10-2-1-9(13-14-10)7-8-3-5-15(6-4-8)11(16)17/h1-2,8H,3-7H2,(H,16,17). The fourth-order valence-corrected chi connectivity index (χ4v) is 2.18. The predicted octanol–water partition coefficient (Wildman–Crippen LogP) is 2.06. The molecule has 2 heterocycles. The number of aromatic nitrogens is 2. The van der Waals surface area contributed by atoms with Crippen LogP contribution < -0.4 is 0 Å². The van der Waals surface area contributed by atoms with E-state index >= 15 is 0 Å². The zero-order chi connectivity index (χ0) is 12.3. The highest BCUT2D eigenvalue weighted by atomic mass is 35.5. The molecule has 0 saturated carbocycles. The van der Waals surface area contributed by atoms with E-state index in [2.05, 4.69) is 10.2 Å². The number of amides is 1. The van der Waals surface area contributed by atoms with Crippen molar-refractivity contribution in [2.45, 2.75) is 19.3 Å². The summed E-state index contributed by atoms with van der Waals surface area (Å²) in [4.78, 5) is 12.2. The van der Waals surface area contributed by atoms with E-state index in [1.54, 1.807) is 6.07 Å². The zero-order valence-corrected chi connectivity index (χ0v) is 10.1. The van der Waals surface area contributed by atoms with Gasteiger partial charge in [-0.15, -0.1) is 5.10 Å². The minimum atomic E-state index is -0.824. The van der Waals surface area contributed by atoms with E-state index in [0.717, 1.165) is 25.0 Å². The molecule has 1 aliphatic heterocycles. The summed E-state index contributed by atoms with van der Waals surface area (Å²) in [5.74, 6) is 0.487. The van der Waals surface area contributed by atoms with Gasteiger partial charge in [0.05, 0.1) is 5.69 Å². The molecular weight excluding hydrogens is 242 g/mol. The highest BCUT2D eigenvalue weighted by Gasteiger charge is 2.22. The topological polar surface area (TPSA) is 66.3 Å². The van der Waals surface area contributed by atoms with Crippen LogP contribution in [0.3, 0.4) is 0 Å². The lowest BCUT2D eigenvalue weighted by molar-refractivity contribution is 0.124. The number of nitrogens with zero attached hydrogens (tertiary/aromatic N) is 3. The van der Waals surface area contributed by atoms with Gasteiger partial charge in [0.25, 0.3) is 0 Å². The molecule has 0 unspecified atom stereocenters. The van der Waals surface area contributed by atoms with Crippen molar-refractivity contribution in [2.75, 3.05) is 13.1 Å². The van der Waals surface area contributed by atoms with Gasteiger partial charge in [0.2, 0.25) is 0 Å². The molecule has 1 aromatic rings. The molecule has 5 nitrogen and oxygen atoms in total. The Morgan fingerprint density at radius 1 is 1.41 bits per heavy atom. The molecule has 0 aromatic carbocycles. The Bertz CT molecular complexity index is 388. The molecule has 1 N–H and O–H groups in total. The van der Waals surface area contributed by atoms with Crippen molar-refractivity contribution in [3.8, 4) is 0 Å². The molecule has 1 amide bonds. The molecule has 1 aromatic heterocycles. The summed E-state index contributed by atoms with van der Waals surface area (Å²) < 4.78 is 0. The van der Waals surface area contributed by atoms with Gasteiger partial charge in [0, 0.05) is 13.1 Å². The molecule has 1 saturated heterocycles. The zero-order valence-electron chi connectivity index (χ0n) is 9.34. The number of piperidine rings is 1. The summed E-state index contributed by atoms with van der Waals surface area (Å²) in [5.41, 5.74) is 0.920. The summed E-state index contributed by atoms with van der Waals surface area (Å²) in [6.07, 6.45) is 1.79. The molecule has 92 valence electrons. The summed E-state index contributed by atoms with van der Waals surface area (Å²) in [5, 5.41) is 17.0. The Morgan fingerprint density at radius 2 is 2.12 bits per heavy atom. The third-order valence-electron chi connectivity index (χ3n) is 3.07. The van der Waals surface area contributed by atoms with Gasteiger partial charge in [-0.25, -0.2) is 4.79 Å². The molecule has 6 heteroatoms. The average Bonchev–Trinajstić information content (AvgIpc) is 2.33. The second-order valence-electron chi connectivity index (χ2n) is 4.26. The van der Waals surface area contributed by atoms with Crippen LogP contribution in [0.25, 0.3) is 0 Å². The van der Waals surface area contributed by atoms with Crippen LogP contribution in [-0.2, 0) is 6.42 Å². The van der Waals surface area contributed by atoms with Crippen LogP contribution in [0.1, 0.15) is 18.5 Å². The quantitative estimate of drug-likeness (QED) is 0.879. The van der Waals surface area contributed by atoms with Gasteiger partial charge in [0.15, 0.2) is 5.15 Å². The maximum atomic E-state index is 10.7. The number of hydrogen-bond donors (Lipinski definition) is 1. The van der Waals surface area contributed by atoms with Crippen molar-refractivity contribution in [1.82, 2.24) is 15.1 Å². The summed E-state index contributed by atoms with van der Waals surface area (Å²) in [7, 11) is 0. The monoisotopic (exact) mass is 255 g/mol. The minimum Gasteiger partial charge on any atom is -0.465 e. The van der Waals surface area contributed by atoms with Crippen molar-refractivity contribution in [2.24, 2.45) is 5.92 Å². The fraction of sp³-hybridized carbons (Fsp3) is 0.545. The predicted molar refractivity (Wildman–Crippen MR) is 63.1 cm³/mol. The molecule has 0 bridgehead atoms. The summed E-state index contributed by atoms with van der Waals surface area (Å²) in [6.45, 7) is 1.22. The largest absolute Gasteiger partial charge is 0.465 e. The first-order chi connectivity index (χ1) is 8.15. The molecule has 0 aliphatic carbocycles. The van der Waals surface area contributed by atoms with E-state index in [-0.39, 0.29) is 0 Å². The van der Waals surface area contributed by atoms with Crippen molar-refractivity contribution in [3.63, 3.8) is 0 Å². The lowest BCUT2D eigenvalue weighted by Crippen LogP contribution is -2.37. The Morgan fingerprint density at radius 3 is 2.65 bits per heavy atom. The van der Waals surface area contributed by atoms with Gasteiger partial charge in [0.1, 0.15) is 0 Å². The lowest BCUT2D eigenvalue weighted by Gasteiger charge is -2.29. The number of likely N-dealkylation sites (tertiary alicyclic amines) is 1. The van der Waals surface area contributed by atoms with Crippen LogP contribution in [0.4, 0.5) is 4.79 Å². The molecule has 0 atom stereocenters. The van der Waals surface area contributed by atoms with Crippen LogP contribution >= 0.6 is 11.6 Å². The number of rotatable bonds is 2. The van der Waals surface area contributed by atoms with Crippen molar-refractivity contribution in [1.29, 1.82) is 0 Å². The first-order valence-electron chi connectivity index (χ1n) is 5.61. The van der Waals surface area contributed by atoms with Gasteiger partial charge in [-0.05, 0) is 37.3 Å². The van der Waals surface area contributed by atoms with Gasteiger partial charge >= 0.3 is 6.09 Å². The Labute approximate surface area is 104 Å². The van der Waals surface area contributed by atoms with E-state index < -0.39 is 6.09 Å². The van der Waals surface area contributed by atoms with Crippen molar-refractivity contribution in [3.05, 3.63) is 23.0 Å². The average molecular weight is 256 g/mol. The third kappa shape index (κ3) is 3.30. The molecule has 0 spiro atoms. The second-order valence-corrected chi connectivity index (χ2v) is 4.65. The van der Waals surface area contributed by atoms with E-state index in [1.165, 1.54) is 4.90 Å². The molecule has 1 aliphatic rings. The first-order valence-corrected chi connectivity index (χ1v) is 5.99. The lowest BCUT2D eigenvalue weighted by atomic mass is 9.92. The van der Waals surface area contributed by atoms with Gasteiger partial charge < -0.3 is 10.0 Å². The molecule has 2 rings (SSSR count). The maximum absolute atomic E-state index is 10.7. The molecule has 17 heavy (non-hydrogen) atoms. The molecule has 0 radical (unpaired) electrons. The summed E-state index contributed by atoms with van der Waals surface area (Å²) >= 11 is 5.66. The normalized spacial score (nSPS) is 17.1. The number of carboxylic acid groups (broad SMARTS) is 1. The van der Waals surface area contributed by atoms with Crippen LogP contribution in [0.15, 0.2) is 12.1 Å². The maximum Gasteiger partial charge on any atom is 0.407 e. The van der Waals surface area contributed by atoms with E-state index in [0.29, 0.717) is 24.2 Å². The Hall–Kier alpha value is -1.36. The Balaban J connectivity index is 1.85. The van der Waals surface area contributed by atoms with Crippen LogP contribution in [0.5, 0.6) is 0 Å². The van der Waals surface area contributed by atoms with E-state index in [4.69, 9.17) is 16.7 Å². The number of carbonyl (C=O) groups is 1. The van der Waals surface area contributed by atoms with E-state index in [1.807, 2.05) is 6.07 Å². The summed E-state index contributed by atoms with van der Waals surface area (Å²) in [6, 6.07) is 3.61. The van der Waals surface area contributed by atoms with Crippen molar-refractivity contribution < 1.29 is 9.90 Å². The van der Waals surface area contributed by atoms with Gasteiger partial charge in [-0.2, -0.15) is 5.10 Å². The third-order valence-corrected chi connectivity index (χ3v) is 3.27. The van der Waals surface area contributed by atoms with Crippen molar-refractivity contribution >= 4 is 17.7 Å². The number of hydrogen-bond acceptors (Lipinski definition) is 3. The second kappa shape index (κ2) is 5.31. The molecule has 1 fully saturated rings. The van der Waals surface area contributed by atoms with Gasteiger partial charge in [-0.1, -0.05) is 11.6 Å². The highest BCUT2D eigenvalue weighted by molar-refractivity contribution is 6.29. The first kappa shape index (κ1) is 12.1. The van der Waals surface area contributed by atoms with Gasteiger partial charge in [-0.3, -0.25) is 0 Å². The smallest absolute Gasteiger partial charge is 0.407 e.